The second-order valence-electron chi connectivity index (χ2n) is 5.62. The smallest absolute Gasteiger partial charge is 0.277 e. The fraction of sp³-hybridized carbons (Fsp3) is 0.769. The van der Waals surface area contributed by atoms with Crippen molar-refractivity contribution in [3.8, 4) is 0 Å². The number of carbonyl (C=O) groups is 3. The summed E-state index contributed by atoms with van der Waals surface area (Å²) in [6, 6.07) is -0.547. The van der Waals surface area contributed by atoms with Gasteiger partial charge in [0.2, 0.25) is 11.8 Å². The normalized spacial score (nSPS) is 26.1. The van der Waals surface area contributed by atoms with Gasteiger partial charge in [0.05, 0.1) is 0 Å². The van der Waals surface area contributed by atoms with Crippen molar-refractivity contribution in [1.82, 2.24) is 10.2 Å². The van der Waals surface area contributed by atoms with E-state index < -0.39 is 17.9 Å². The first kappa shape index (κ1) is 13.1. The van der Waals surface area contributed by atoms with Crippen molar-refractivity contribution in [1.29, 1.82) is 0 Å². The molecule has 2 rings (SSSR count). The Balaban J connectivity index is 2.10. The molecule has 1 atom stereocenters. The molecular formula is C13H20N2O3. The molecule has 1 saturated carbocycles. The molecule has 4 amide bonds. The molecule has 2 fully saturated rings. The lowest BCUT2D eigenvalue weighted by Gasteiger charge is -2.33. The lowest BCUT2D eigenvalue weighted by atomic mass is 9.91. The highest BCUT2D eigenvalue weighted by Crippen LogP contribution is 2.27. The predicted molar refractivity (Wildman–Crippen MR) is 65.5 cm³/mol. The van der Waals surface area contributed by atoms with Crippen molar-refractivity contribution >= 4 is 17.8 Å². The summed E-state index contributed by atoms with van der Waals surface area (Å²) in [5, 5.41) is 2.29. The van der Waals surface area contributed by atoms with E-state index in [-0.39, 0.29) is 11.8 Å². The molecule has 2 aliphatic rings. The first-order valence-electron chi connectivity index (χ1n) is 6.67. The van der Waals surface area contributed by atoms with Gasteiger partial charge in [0.15, 0.2) is 0 Å². The molecule has 5 heteroatoms. The fourth-order valence-electron chi connectivity index (χ4n) is 2.84. The summed E-state index contributed by atoms with van der Waals surface area (Å²) in [5.74, 6) is -1.19. The quantitative estimate of drug-likeness (QED) is 0.774. The van der Waals surface area contributed by atoms with E-state index in [9.17, 15) is 14.4 Å². The largest absolute Gasteiger partial charge is 0.330 e. The summed E-state index contributed by atoms with van der Waals surface area (Å²) in [4.78, 5) is 36.9. The number of hydrogen-bond donors (Lipinski definition) is 1. The molecule has 1 N–H and O–H groups in total. The third-order valence-electron chi connectivity index (χ3n) is 3.87. The first-order chi connectivity index (χ1) is 8.50. The van der Waals surface area contributed by atoms with Crippen LogP contribution in [0.5, 0.6) is 0 Å². The zero-order chi connectivity index (χ0) is 13.3. The number of imide groups is 2. The molecule has 1 aliphatic carbocycles. The molecule has 0 bridgehead atoms. The Bertz CT molecular complexity index is 372. The van der Waals surface area contributed by atoms with E-state index in [1.807, 2.05) is 13.8 Å². The number of rotatable bonds is 3. The Kier molecular flexibility index (Phi) is 3.68. The van der Waals surface area contributed by atoms with E-state index >= 15 is 0 Å². The van der Waals surface area contributed by atoms with Crippen molar-refractivity contribution in [2.24, 2.45) is 17.8 Å². The summed E-state index contributed by atoms with van der Waals surface area (Å²) >= 11 is 0. The molecule has 1 saturated heterocycles. The average molecular weight is 252 g/mol. The predicted octanol–water partition coefficient (Wildman–Crippen LogP) is 1.53. The van der Waals surface area contributed by atoms with Crippen LogP contribution in [0.15, 0.2) is 0 Å². The number of nitrogens with zero attached hydrogens (tertiary/aromatic N) is 1. The van der Waals surface area contributed by atoms with Crippen molar-refractivity contribution < 1.29 is 14.4 Å². The minimum Gasteiger partial charge on any atom is -0.277 e. The molecule has 18 heavy (non-hydrogen) atoms. The van der Waals surface area contributed by atoms with E-state index in [0.29, 0.717) is 12.5 Å². The monoisotopic (exact) mass is 252 g/mol. The summed E-state index contributed by atoms with van der Waals surface area (Å²) in [6.45, 7) is 4.11. The minimum absolute atomic E-state index is 0.0864. The number of urea groups is 1. The average Bonchev–Trinajstić information content (AvgIpc) is 2.75. The van der Waals surface area contributed by atoms with Crippen LogP contribution in [0.1, 0.15) is 39.5 Å². The molecule has 0 radical (unpaired) electrons. The van der Waals surface area contributed by atoms with Gasteiger partial charge >= 0.3 is 6.03 Å². The molecular weight excluding hydrogens is 232 g/mol. The van der Waals surface area contributed by atoms with Gasteiger partial charge in [0, 0.05) is 6.54 Å². The van der Waals surface area contributed by atoms with Crippen molar-refractivity contribution in [3.05, 3.63) is 0 Å². The van der Waals surface area contributed by atoms with Gasteiger partial charge in [0.1, 0.15) is 5.92 Å². The Morgan fingerprint density at radius 1 is 1.22 bits per heavy atom. The molecule has 0 aromatic heterocycles. The molecule has 1 unspecified atom stereocenters. The molecule has 100 valence electrons. The van der Waals surface area contributed by atoms with Gasteiger partial charge in [-0.3, -0.25) is 19.8 Å². The number of hydrogen-bond acceptors (Lipinski definition) is 3. The Morgan fingerprint density at radius 2 is 1.83 bits per heavy atom. The molecule has 5 nitrogen and oxygen atoms in total. The third kappa shape index (κ3) is 2.40. The Labute approximate surface area is 107 Å². The van der Waals surface area contributed by atoms with E-state index in [0.717, 1.165) is 12.8 Å². The van der Waals surface area contributed by atoms with Crippen molar-refractivity contribution in [3.63, 3.8) is 0 Å². The third-order valence-corrected chi connectivity index (χ3v) is 3.87. The van der Waals surface area contributed by atoms with Crippen LogP contribution in [0, 0.1) is 17.8 Å². The highest BCUT2D eigenvalue weighted by molar-refractivity contribution is 6.16. The van der Waals surface area contributed by atoms with Crippen LogP contribution in [0.2, 0.25) is 0 Å². The van der Waals surface area contributed by atoms with Crippen LogP contribution in [0.4, 0.5) is 4.79 Å². The second kappa shape index (κ2) is 5.08. The van der Waals surface area contributed by atoms with Gasteiger partial charge in [0.25, 0.3) is 0 Å². The maximum atomic E-state index is 12.2. The number of barbiturate groups is 1. The summed E-state index contributed by atoms with van der Waals surface area (Å²) in [5.41, 5.74) is 0. The van der Waals surface area contributed by atoms with Gasteiger partial charge in [-0.15, -0.1) is 0 Å². The van der Waals surface area contributed by atoms with Crippen LogP contribution in [0.25, 0.3) is 0 Å². The number of carbonyl (C=O) groups excluding carboxylic acids is 3. The molecule has 1 heterocycles. The summed E-state index contributed by atoms with van der Waals surface area (Å²) in [6.07, 6.45) is 4.47. The Morgan fingerprint density at radius 3 is 2.39 bits per heavy atom. The molecule has 0 spiro atoms. The zero-order valence-corrected chi connectivity index (χ0v) is 10.9. The van der Waals surface area contributed by atoms with Gasteiger partial charge in [-0.1, -0.05) is 26.7 Å². The highest BCUT2D eigenvalue weighted by atomic mass is 16.2. The van der Waals surface area contributed by atoms with Gasteiger partial charge in [-0.25, -0.2) is 4.79 Å². The number of nitrogens with one attached hydrogen (secondary N) is 1. The maximum Gasteiger partial charge on any atom is 0.330 e. The van der Waals surface area contributed by atoms with E-state index in [1.54, 1.807) is 0 Å². The SMILES string of the molecule is CC(C)C1C(=O)NC(=O)N(CC2CCCC2)C1=O. The summed E-state index contributed by atoms with van der Waals surface area (Å²) in [7, 11) is 0. The van der Waals surface area contributed by atoms with Crippen LogP contribution in [-0.2, 0) is 9.59 Å². The summed E-state index contributed by atoms with van der Waals surface area (Å²) < 4.78 is 0. The molecule has 1 aliphatic heterocycles. The molecule has 0 aromatic carbocycles. The van der Waals surface area contributed by atoms with Crippen LogP contribution >= 0.6 is 0 Å². The van der Waals surface area contributed by atoms with E-state index in [4.69, 9.17) is 0 Å². The lowest BCUT2D eigenvalue weighted by molar-refractivity contribution is -0.144. The second-order valence-corrected chi connectivity index (χ2v) is 5.62. The van der Waals surface area contributed by atoms with E-state index in [2.05, 4.69) is 5.32 Å². The topological polar surface area (TPSA) is 66.5 Å². The van der Waals surface area contributed by atoms with Crippen LogP contribution in [-0.4, -0.2) is 29.3 Å². The Hall–Kier alpha value is -1.39. The minimum atomic E-state index is -0.718. The van der Waals surface area contributed by atoms with Crippen molar-refractivity contribution in [2.45, 2.75) is 39.5 Å². The first-order valence-corrected chi connectivity index (χ1v) is 6.67. The van der Waals surface area contributed by atoms with Gasteiger partial charge in [-0.2, -0.15) is 0 Å². The van der Waals surface area contributed by atoms with Crippen LogP contribution < -0.4 is 5.32 Å². The van der Waals surface area contributed by atoms with E-state index in [1.165, 1.54) is 17.7 Å². The fourth-order valence-corrected chi connectivity index (χ4v) is 2.84. The maximum absolute atomic E-state index is 12.2. The lowest BCUT2D eigenvalue weighted by Crippen LogP contribution is -2.59. The van der Waals surface area contributed by atoms with Crippen LogP contribution in [0.3, 0.4) is 0 Å². The standard InChI is InChI=1S/C13H20N2O3/c1-8(2)10-11(16)14-13(18)15(12(10)17)7-9-5-3-4-6-9/h8-10H,3-7H2,1-2H3,(H,14,16,18). The number of amides is 4. The van der Waals surface area contributed by atoms with Gasteiger partial charge < -0.3 is 0 Å². The zero-order valence-electron chi connectivity index (χ0n) is 10.9. The highest BCUT2D eigenvalue weighted by Gasteiger charge is 2.42. The van der Waals surface area contributed by atoms with Gasteiger partial charge in [-0.05, 0) is 24.7 Å². The van der Waals surface area contributed by atoms with Crippen molar-refractivity contribution in [2.75, 3.05) is 6.54 Å². The molecule has 0 aromatic rings.